The third kappa shape index (κ3) is 2.71. The molecule has 1 aromatic carbocycles. The Morgan fingerprint density at radius 3 is 2.68 bits per heavy atom. The van der Waals surface area contributed by atoms with Crippen LogP contribution < -0.4 is 0 Å². The van der Waals surface area contributed by atoms with Crippen LogP contribution in [0.15, 0.2) is 30.3 Å². The molecule has 0 aliphatic carbocycles. The van der Waals surface area contributed by atoms with Crippen LogP contribution in [-0.4, -0.2) is 51.3 Å². The van der Waals surface area contributed by atoms with Crippen LogP contribution in [0.5, 0.6) is 0 Å². The Hall–Kier alpha value is -1.92. The van der Waals surface area contributed by atoms with E-state index in [0.29, 0.717) is 19.3 Å². The second kappa shape index (κ2) is 6.06. The molecule has 0 bridgehead atoms. The lowest BCUT2D eigenvalue weighted by atomic mass is 9.97. The maximum Gasteiger partial charge on any atom is 0.329 e. The van der Waals surface area contributed by atoms with E-state index >= 15 is 0 Å². The van der Waals surface area contributed by atoms with Gasteiger partial charge < -0.3 is 19.8 Å². The van der Waals surface area contributed by atoms with Gasteiger partial charge in [0, 0.05) is 6.04 Å². The van der Waals surface area contributed by atoms with Gasteiger partial charge in [0.25, 0.3) is 5.91 Å². The largest absolute Gasteiger partial charge is 0.459 e. The van der Waals surface area contributed by atoms with Crippen molar-refractivity contribution in [3.8, 4) is 0 Å². The van der Waals surface area contributed by atoms with Crippen LogP contribution in [0.4, 0.5) is 0 Å². The minimum atomic E-state index is -1.45. The first-order valence-corrected chi connectivity index (χ1v) is 7.47. The molecule has 2 fully saturated rings. The summed E-state index contributed by atoms with van der Waals surface area (Å²) in [6.45, 7) is 0.161. The third-order valence-electron chi connectivity index (χ3n) is 4.38. The minimum Gasteiger partial charge on any atom is -0.459 e. The van der Waals surface area contributed by atoms with Crippen molar-refractivity contribution >= 4 is 11.9 Å². The van der Waals surface area contributed by atoms with E-state index in [9.17, 15) is 19.8 Å². The molecule has 0 spiro atoms. The van der Waals surface area contributed by atoms with Gasteiger partial charge in [0.05, 0.1) is 6.10 Å². The lowest BCUT2D eigenvalue weighted by molar-refractivity contribution is -0.167. The van der Waals surface area contributed by atoms with E-state index in [1.807, 2.05) is 30.3 Å². The SMILES string of the molecule is O=C(OCc1ccccc1)[C@@H]1CC[C@H]2C[C@H](O)[C@H](O)C(=O)N21. The highest BCUT2D eigenvalue weighted by molar-refractivity contribution is 5.89. The second-order valence-electron chi connectivity index (χ2n) is 5.83. The summed E-state index contributed by atoms with van der Waals surface area (Å²) in [7, 11) is 0. The van der Waals surface area contributed by atoms with Gasteiger partial charge in [0.1, 0.15) is 12.6 Å². The molecule has 2 aliphatic rings. The molecule has 2 N–H and O–H groups in total. The van der Waals surface area contributed by atoms with Crippen LogP contribution in [-0.2, 0) is 20.9 Å². The summed E-state index contributed by atoms with van der Waals surface area (Å²) in [5.74, 6) is -1.04. The van der Waals surface area contributed by atoms with Crippen molar-refractivity contribution in [2.75, 3.05) is 0 Å². The number of hydrogen-bond acceptors (Lipinski definition) is 5. The van der Waals surface area contributed by atoms with Gasteiger partial charge in [0.2, 0.25) is 0 Å². The number of amides is 1. The number of aliphatic hydroxyl groups excluding tert-OH is 2. The summed E-state index contributed by atoms with van der Waals surface area (Å²) in [5.41, 5.74) is 0.880. The van der Waals surface area contributed by atoms with E-state index in [1.165, 1.54) is 4.90 Å². The van der Waals surface area contributed by atoms with Crippen molar-refractivity contribution in [3.05, 3.63) is 35.9 Å². The molecule has 0 aromatic heterocycles. The number of carbonyl (C=O) groups excluding carboxylic acids is 2. The maximum absolute atomic E-state index is 12.2. The molecule has 0 saturated carbocycles. The molecule has 1 aromatic rings. The lowest BCUT2D eigenvalue weighted by Crippen LogP contribution is -2.57. The number of hydrogen-bond donors (Lipinski definition) is 2. The molecule has 22 heavy (non-hydrogen) atoms. The summed E-state index contributed by atoms with van der Waals surface area (Å²) in [6, 6.07) is 8.46. The van der Waals surface area contributed by atoms with E-state index < -0.39 is 30.1 Å². The number of ether oxygens (including phenoxy) is 1. The number of carbonyl (C=O) groups is 2. The molecule has 6 heteroatoms. The zero-order valence-corrected chi connectivity index (χ0v) is 12.1. The predicted octanol–water partition coefficient (Wildman–Crippen LogP) is 0.215. The van der Waals surface area contributed by atoms with E-state index in [1.54, 1.807) is 0 Å². The summed E-state index contributed by atoms with van der Waals surface area (Å²) in [4.78, 5) is 25.8. The van der Waals surface area contributed by atoms with Gasteiger partial charge in [-0.05, 0) is 24.8 Å². The number of esters is 1. The molecule has 6 nitrogen and oxygen atoms in total. The van der Waals surface area contributed by atoms with E-state index in [2.05, 4.69) is 0 Å². The second-order valence-corrected chi connectivity index (χ2v) is 5.83. The number of fused-ring (bicyclic) bond motifs is 1. The van der Waals surface area contributed by atoms with Crippen molar-refractivity contribution in [2.45, 2.75) is 50.2 Å². The van der Waals surface area contributed by atoms with Crippen molar-refractivity contribution in [3.63, 3.8) is 0 Å². The summed E-state index contributed by atoms with van der Waals surface area (Å²) >= 11 is 0. The van der Waals surface area contributed by atoms with Crippen LogP contribution in [0.2, 0.25) is 0 Å². The molecule has 3 rings (SSSR count). The van der Waals surface area contributed by atoms with Crippen LogP contribution in [0.3, 0.4) is 0 Å². The normalized spacial score (nSPS) is 31.0. The van der Waals surface area contributed by atoms with Crippen molar-refractivity contribution < 1.29 is 24.5 Å². The van der Waals surface area contributed by atoms with E-state index in [-0.39, 0.29) is 12.6 Å². The number of nitrogens with zero attached hydrogens (tertiary/aromatic N) is 1. The summed E-state index contributed by atoms with van der Waals surface area (Å²) in [5, 5.41) is 19.4. The first-order chi connectivity index (χ1) is 10.6. The van der Waals surface area contributed by atoms with Crippen molar-refractivity contribution in [2.24, 2.45) is 0 Å². The molecule has 1 amide bonds. The van der Waals surface area contributed by atoms with Gasteiger partial charge in [-0.1, -0.05) is 30.3 Å². The third-order valence-corrected chi connectivity index (χ3v) is 4.38. The van der Waals surface area contributed by atoms with Crippen LogP contribution >= 0.6 is 0 Å². The maximum atomic E-state index is 12.2. The molecule has 2 aliphatic heterocycles. The molecule has 2 saturated heterocycles. The van der Waals surface area contributed by atoms with Gasteiger partial charge in [-0.3, -0.25) is 4.79 Å². The van der Waals surface area contributed by atoms with Crippen LogP contribution in [0, 0.1) is 0 Å². The fourth-order valence-corrected chi connectivity index (χ4v) is 3.23. The van der Waals surface area contributed by atoms with E-state index in [0.717, 1.165) is 5.56 Å². The Morgan fingerprint density at radius 1 is 1.23 bits per heavy atom. The Bertz CT molecular complexity index is 561. The molecule has 118 valence electrons. The zero-order chi connectivity index (χ0) is 15.7. The molecule has 4 atom stereocenters. The van der Waals surface area contributed by atoms with Crippen molar-refractivity contribution in [1.29, 1.82) is 0 Å². The average Bonchev–Trinajstić information content (AvgIpc) is 2.95. The first kappa shape index (κ1) is 15.0. The number of piperidine rings is 1. The summed E-state index contributed by atoms with van der Waals surface area (Å²) in [6.07, 6.45) is -1.05. The highest BCUT2D eigenvalue weighted by Crippen LogP contribution is 2.33. The first-order valence-electron chi connectivity index (χ1n) is 7.47. The Labute approximate surface area is 128 Å². The standard InChI is InChI=1S/C16H19NO5/c18-13-8-11-6-7-12(17(11)15(20)14(13)19)16(21)22-9-10-4-2-1-3-5-10/h1-5,11-14,18-19H,6-9H2/t11-,12-,13-,14-/m0/s1. The number of rotatable bonds is 3. The Morgan fingerprint density at radius 2 is 1.95 bits per heavy atom. The number of benzene rings is 1. The monoisotopic (exact) mass is 305 g/mol. The topological polar surface area (TPSA) is 87.1 Å². The van der Waals surface area contributed by atoms with Crippen LogP contribution in [0.1, 0.15) is 24.8 Å². The number of aliphatic hydroxyl groups is 2. The zero-order valence-electron chi connectivity index (χ0n) is 12.1. The van der Waals surface area contributed by atoms with Gasteiger partial charge in [0.15, 0.2) is 6.10 Å². The average molecular weight is 305 g/mol. The molecule has 2 heterocycles. The van der Waals surface area contributed by atoms with Gasteiger partial charge in [-0.15, -0.1) is 0 Å². The molecular weight excluding hydrogens is 286 g/mol. The molecule has 0 radical (unpaired) electrons. The Kier molecular flexibility index (Phi) is 4.13. The van der Waals surface area contributed by atoms with Gasteiger partial charge >= 0.3 is 5.97 Å². The fraction of sp³-hybridized carbons (Fsp3) is 0.500. The smallest absolute Gasteiger partial charge is 0.329 e. The van der Waals surface area contributed by atoms with Gasteiger partial charge in [-0.25, -0.2) is 4.79 Å². The van der Waals surface area contributed by atoms with Gasteiger partial charge in [-0.2, -0.15) is 0 Å². The van der Waals surface area contributed by atoms with E-state index in [4.69, 9.17) is 4.74 Å². The fourth-order valence-electron chi connectivity index (χ4n) is 3.23. The highest BCUT2D eigenvalue weighted by atomic mass is 16.5. The highest BCUT2D eigenvalue weighted by Gasteiger charge is 2.49. The minimum absolute atomic E-state index is 0.161. The van der Waals surface area contributed by atoms with Crippen LogP contribution in [0.25, 0.3) is 0 Å². The van der Waals surface area contributed by atoms with Crippen molar-refractivity contribution in [1.82, 2.24) is 4.90 Å². The quantitative estimate of drug-likeness (QED) is 0.780. The molecular formula is C16H19NO5. The molecule has 0 unspecified atom stereocenters. The lowest BCUT2D eigenvalue weighted by Gasteiger charge is -2.37. The predicted molar refractivity (Wildman–Crippen MR) is 76.5 cm³/mol. The summed E-state index contributed by atoms with van der Waals surface area (Å²) < 4.78 is 5.29. The Balaban J connectivity index is 1.65.